The second kappa shape index (κ2) is 7.77. The van der Waals surface area contributed by atoms with Gasteiger partial charge >= 0.3 is 6.09 Å². The monoisotopic (exact) mass is 391 g/mol. The molecule has 9 heteroatoms. The quantitative estimate of drug-likeness (QED) is 0.738. The normalized spacial score (nSPS) is 11.6. The highest BCUT2D eigenvalue weighted by Crippen LogP contribution is 2.17. The molecule has 0 aliphatic carbocycles. The van der Waals surface area contributed by atoms with Gasteiger partial charge in [-0.3, -0.25) is 10.1 Å². The van der Waals surface area contributed by atoms with Crippen LogP contribution in [0.2, 0.25) is 0 Å². The second-order valence-corrected chi connectivity index (χ2v) is 8.29. The number of rotatable bonds is 4. The number of benzene rings is 2. The van der Waals surface area contributed by atoms with Gasteiger partial charge in [0.15, 0.2) is 0 Å². The molecule has 0 fully saturated rings. The zero-order valence-electron chi connectivity index (χ0n) is 15.1. The van der Waals surface area contributed by atoms with Gasteiger partial charge in [-0.15, -0.1) is 0 Å². The number of nitrogens with two attached hydrogens (primary N) is 1. The molecule has 2 rings (SSSR count). The van der Waals surface area contributed by atoms with Crippen LogP contribution < -0.4 is 15.8 Å². The van der Waals surface area contributed by atoms with Crippen molar-refractivity contribution in [2.24, 2.45) is 5.14 Å². The summed E-state index contributed by atoms with van der Waals surface area (Å²) in [6.45, 7) is 5.24. The highest BCUT2D eigenvalue weighted by molar-refractivity contribution is 7.89. The number of carbonyl (C=O) groups excluding carboxylic acids is 2. The van der Waals surface area contributed by atoms with Crippen LogP contribution in [0.1, 0.15) is 31.1 Å². The van der Waals surface area contributed by atoms with E-state index in [1.165, 1.54) is 30.3 Å². The fourth-order valence-electron chi connectivity index (χ4n) is 2.09. The van der Waals surface area contributed by atoms with Gasteiger partial charge in [0.1, 0.15) is 5.60 Å². The smallest absolute Gasteiger partial charge is 0.412 e. The molecule has 0 saturated heterocycles. The molecule has 8 nitrogen and oxygen atoms in total. The molecule has 0 unspecified atom stereocenters. The average Bonchev–Trinajstić information content (AvgIpc) is 2.53. The van der Waals surface area contributed by atoms with Crippen LogP contribution in [0.5, 0.6) is 0 Å². The van der Waals surface area contributed by atoms with E-state index in [1.54, 1.807) is 39.0 Å². The minimum atomic E-state index is -3.80. The number of ether oxygens (including phenoxy) is 1. The third-order valence-electron chi connectivity index (χ3n) is 3.21. The molecule has 144 valence electrons. The molecule has 0 atom stereocenters. The van der Waals surface area contributed by atoms with Crippen molar-refractivity contribution in [2.75, 3.05) is 10.6 Å². The van der Waals surface area contributed by atoms with Gasteiger partial charge in [-0.2, -0.15) is 0 Å². The van der Waals surface area contributed by atoms with Crippen LogP contribution in [0.25, 0.3) is 0 Å². The molecular formula is C18H21N3O5S. The van der Waals surface area contributed by atoms with Crippen molar-refractivity contribution in [3.05, 3.63) is 54.1 Å². The van der Waals surface area contributed by atoms with E-state index >= 15 is 0 Å². The first-order chi connectivity index (χ1) is 12.4. The van der Waals surface area contributed by atoms with Crippen LogP contribution in [-0.4, -0.2) is 26.0 Å². The number of sulfonamides is 1. The molecule has 0 aliphatic heterocycles. The standard InChI is InChI=1S/C18H21N3O5S/c1-18(2,3)26-17(23)21-14-6-4-5-12(11-14)16(22)20-13-7-9-15(10-8-13)27(19,24)25/h4-11H,1-3H3,(H,20,22)(H,21,23)(H2,19,24,25). The van der Waals surface area contributed by atoms with Gasteiger partial charge in [-0.05, 0) is 63.2 Å². The molecule has 2 aromatic carbocycles. The Balaban J connectivity index is 2.08. The van der Waals surface area contributed by atoms with Crippen molar-refractivity contribution in [1.29, 1.82) is 0 Å². The van der Waals surface area contributed by atoms with Gasteiger partial charge in [0.2, 0.25) is 10.0 Å². The van der Waals surface area contributed by atoms with Gasteiger partial charge in [-0.1, -0.05) is 6.07 Å². The summed E-state index contributed by atoms with van der Waals surface area (Å²) >= 11 is 0. The SMILES string of the molecule is CC(C)(C)OC(=O)Nc1cccc(C(=O)Nc2ccc(S(N)(=O)=O)cc2)c1. The minimum absolute atomic E-state index is 0.0518. The summed E-state index contributed by atoms with van der Waals surface area (Å²) in [6.07, 6.45) is -0.626. The minimum Gasteiger partial charge on any atom is -0.444 e. The molecule has 0 heterocycles. The van der Waals surface area contributed by atoms with Crippen LogP contribution >= 0.6 is 0 Å². The molecule has 27 heavy (non-hydrogen) atoms. The van der Waals surface area contributed by atoms with Gasteiger partial charge in [0.25, 0.3) is 5.91 Å². The van der Waals surface area contributed by atoms with E-state index in [-0.39, 0.29) is 4.90 Å². The van der Waals surface area contributed by atoms with E-state index < -0.39 is 27.6 Å². The lowest BCUT2D eigenvalue weighted by Gasteiger charge is -2.19. The number of carbonyl (C=O) groups is 2. The molecule has 2 amide bonds. The molecular weight excluding hydrogens is 370 g/mol. The van der Waals surface area contributed by atoms with Crippen LogP contribution in [0.15, 0.2) is 53.4 Å². The summed E-state index contributed by atoms with van der Waals surface area (Å²) in [7, 11) is -3.80. The van der Waals surface area contributed by atoms with E-state index in [0.29, 0.717) is 16.9 Å². The molecule has 0 spiro atoms. The van der Waals surface area contributed by atoms with Gasteiger partial charge in [-0.25, -0.2) is 18.4 Å². The van der Waals surface area contributed by atoms with Crippen molar-refractivity contribution >= 4 is 33.4 Å². The van der Waals surface area contributed by atoms with Crippen LogP contribution in [0.3, 0.4) is 0 Å². The molecule has 0 aromatic heterocycles. The third kappa shape index (κ3) is 6.39. The van der Waals surface area contributed by atoms with E-state index in [2.05, 4.69) is 10.6 Å². The summed E-state index contributed by atoms with van der Waals surface area (Å²) in [5.74, 6) is -0.425. The second-order valence-electron chi connectivity index (χ2n) is 6.73. The Kier molecular flexibility index (Phi) is 5.87. The summed E-state index contributed by atoms with van der Waals surface area (Å²) in [4.78, 5) is 24.1. The van der Waals surface area contributed by atoms with Crippen molar-refractivity contribution in [3.63, 3.8) is 0 Å². The first kappa shape index (κ1) is 20.4. The van der Waals surface area contributed by atoms with Crippen molar-refractivity contribution < 1.29 is 22.7 Å². The zero-order chi connectivity index (χ0) is 20.2. The number of nitrogens with one attached hydrogen (secondary N) is 2. The average molecular weight is 391 g/mol. The fourth-order valence-corrected chi connectivity index (χ4v) is 2.61. The Bertz CT molecular complexity index is 948. The molecule has 0 aliphatic rings. The summed E-state index contributed by atoms with van der Waals surface area (Å²) < 4.78 is 27.7. The molecule has 0 saturated carbocycles. The van der Waals surface area contributed by atoms with Crippen molar-refractivity contribution in [1.82, 2.24) is 0 Å². The van der Waals surface area contributed by atoms with Crippen LogP contribution in [-0.2, 0) is 14.8 Å². The largest absolute Gasteiger partial charge is 0.444 e. The van der Waals surface area contributed by atoms with E-state index in [9.17, 15) is 18.0 Å². The van der Waals surface area contributed by atoms with Crippen LogP contribution in [0, 0.1) is 0 Å². The molecule has 0 bridgehead atoms. The predicted octanol–water partition coefficient (Wildman–Crippen LogP) is 2.93. The lowest BCUT2D eigenvalue weighted by Crippen LogP contribution is -2.27. The Hall–Kier alpha value is -2.91. The van der Waals surface area contributed by atoms with Gasteiger partial charge < -0.3 is 10.1 Å². The Labute approximate surface area is 157 Å². The van der Waals surface area contributed by atoms with Crippen molar-refractivity contribution in [2.45, 2.75) is 31.3 Å². The van der Waals surface area contributed by atoms with Gasteiger partial charge in [0.05, 0.1) is 4.90 Å². The summed E-state index contributed by atoms with van der Waals surface area (Å²) in [6, 6.07) is 11.8. The molecule has 4 N–H and O–H groups in total. The van der Waals surface area contributed by atoms with Crippen LogP contribution in [0.4, 0.5) is 16.2 Å². The maximum absolute atomic E-state index is 12.4. The number of primary sulfonamides is 1. The maximum Gasteiger partial charge on any atom is 0.412 e. The summed E-state index contributed by atoms with van der Waals surface area (Å²) in [5, 5.41) is 10.2. The third-order valence-corrected chi connectivity index (χ3v) is 4.14. The van der Waals surface area contributed by atoms with E-state index in [4.69, 9.17) is 9.88 Å². The van der Waals surface area contributed by atoms with Crippen molar-refractivity contribution in [3.8, 4) is 0 Å². The number of anilines is 2. The lowest BCUT2D eigenvalue weighted by molar-refractivity contribution is 0.0635. The summed E-state index contributed by atoms with van der Waals surface area (Å²) in [5.41, 5.74) is 0.473. The maximum atomic E-state index is 12.4. The first-order valence-electron chi connectivity index (χ1n) is 7.98. The van der Waals surface area contributed by atoms with E-state index in [0.717, 1.165) is 0 Å². The number of hydrogen-bond acceptors (Lipinski definition) is 5. The lowest BCUT2D eigenvalue weighted by atomic mass is 10.2. The van der Waals surface area contributed by atoms with E-state index in [1.807, 2.05) is 0 Å². The number of hydrogen-bond donors (Lipinski definition) is 3. The van der Waals surface area contributed by atoms with Gasteiger partial charge in [0, 0.05) is 16.9 Å². The fraction of sp³-hybridized carbons (Fsp3) is 0.222. The number of amides is 2. The Morgan fingerprint density at radius 2 is 1.59 bits per heavy atom. The zero-order valence-corrected chi connectivity index (χ0v) is 16.0. The Morgan fingerprint density at radius 3 is 2.15 bits per heavy atom. The highest BCUT2D eigenvalue weighted by atomic mass is 32.2. The highest BCUT2D eigenvalue weighted by Gasteiger charge is 2.16. The topological polar surface area (TPSA) is 128 Å². The predicted molar refractivity (Wildman–Crippen MR) is 102 cm³/mol. The first-order valence-corrected chi connectivity index (χ1v) is 9.53. The molecule has 2 aromatic rings. The molecule has 0 radical (unpaired) electrons. The Morgan fingerprint density at radius 1 is 0.963 bits per heavy atom.